The number of rotatable bonds is 7. The molecule has 0 spiro atoms. The first-order valence-corrected chi connectivity index (χ1v) is 9.88. The van der Waals surface area contributed by atoms with Crippen LogP contribution in [-0.2, 0) is 11.0 Å². The molecule has 0 radical (unpaired) electrons. The van der Waals surface area contributed by atoms with Gasteiger partial charge in [-0.3, -0.25) is 9.59 Å². The van der Waals surface area contributed by atoms with Crippen LogP contribution >= 0.6 is 0 Å². The summed E-state index contributed by atoms with van der Waals surface area (Å²) in [7, 11) is 0. The highest BCUT2D eigenvalue weighted by Gasteiger charge is 2.34. The first-order valence-electron chi connectivity index (χ1n) is 9.88. The van der Waals surface area contributed by atoms with E-state index in [1.165, 1.54) is 37.1 Å². The zero-order chi connectivity index (χ0) is 21.6. The maximum atomic E-state index is 13.5. The largest absolute Gasteiger partial charge is 0.472 e. The van der Waals surface area contributed by atoms with Gasteiger partial charge in [-0.25, -0.2) is 0 Å². The summed E-state index contributed by atoms with van der Waals surface area (Å²) < 4.78 is 45.3. The van der Waals surface area contributed by atoms with Gasteiger partial charge in [-0.15, -0.1) is 0 Å². The Bertz CT molecular complexity index is 860. The van der Waals surface area contributed by atoms with Crippen molar-refractivity contribution >= 4 is 23.2 Å². The van der Waals surface area contributed by atoms with Crippen molar-refractivity contribution in [2.24, 2.45) is 5.92 Å². The van der Waals surface area contributed by atoms with Crippen molar-refractivity contribution in [1.82, 2.24) is 5.32 Å². The predicted molar refractivity (Wildman–Crippen MR) is 106 cm³/mol. The highest BCUT2D eigenvalue weighted by molar-refractivity contribution is 6.04. The molecule has 1 saturated carbocycles. The van der Waals surface area contributed by atoms with Gasteiger partial charge in [0.25, 0.3) is 5.91 Å². The van der Waals surface area contributed by atoms with Crippen LogP contribution in [0.4, 0.5) is 24.5 Å². The molecular weight excluding hydrogens is 399 g/mol. The van der Waals surface area contributed by atoms with Crippen LogP contribution in [0.2, 0.25) is 0 Å². The molecule has 1 aliphatic carbocycles. The number of furan rings is 1. The van der Waals surface area contributed by atoms with Gasteiger partial charge in [-0.2, -0.15) is 13.2 Å². The molecule has 1 heterocycles. The van der Waals surface area contributed by atoms with Crippen molar-refractivity contribution in [2.45, 2.75) is 38.3 Å². The average molecular weight is 423 g/mol. The van der Waals surface area contributed by atoms with Gasteiger partial charge in [0, 0.05) is 17.9 Å². The lowest BCUT2D eigenvalue weighted by atomic mass is 9.89. The Labute approximate surface area is 172 Å². The van der Waals surface area contributed by atoms with Crippen LogP contribution in [0.1, 0.15) is 48.0 Å². The molecule has 6 nitrogen and oxygen atoms in total. The molecule has 0 unspecified atom stereocenters. The summed E-state index contributed by atoms with van der Waals surface area (Å²) in [5.74, 6) is -0.503. The lowest BCUT2D eigenvalue weighted by Crippen LogP contribution is -2.34. The summed E-state index contributed by atoms with van der Waals surface area (Å²) in [6.45, 7) is 0.280. The SMILES string of the molecule is O=C(CNc1ccc(NC(=O)c2ccoc2)cc1C(F)(F)F)NCC1CCCCC1. The molecule has 3 N–H and O–H groups in total. The first kappa shape index (κ1) is 21.7. The third-order valence-electron chi connectivity index (χ3n) is 5.12. The summed E-state index contributed by atoms with van der Waals surface area (Å²) in [4.78, 5) is 24.1. The first-order chi connectivity index (χ1) is 14.3. The van der Waals surface area contributed by atoms with Crippen LogP contribution in [0.3, 0.4) is 0 Å². The summed E-state index contributed by atoms with van der Waals surface area (Å²) in [5.41, 5.74) is -1.01. The Morgan fingerprint density at radius 2 is 1.87 bits per heavy atom. The molecule has 3 rings (SSSR count). The van der Waals surface area contributed by atoms with Gasteiger partial charge >= 0.3 is 6.18 Å². The Balaban J connectivity index is 1.60. The molecule has 162 valence electrons. The van der Waals surface area contributed by atoms with E-state index in [0.29, 0.717) is 12.5 Å². The topological polar surface area (TPSA) is 83.4 Å². The van der Waals surface area contributed by atoms with Gasteiger partial charge in [0.05, 0.1) is 23.9 Å². The van der Waals surface area contributed by atoms with Crippen molar-refractivity contribution in [3.8, 4) is 0 Å². The fourth-order valence-electron chi connectivity index (χ4n) is 3.50. The minimum absolute atomic E-state index is 0.0131. The van der Waals surface area contributed by atoms with Crippen molar-refractivity contribution in [3.63, 3.8) is 0 Å². The second kappa shape index (κ2) is 9.69. The zero-order valence-corrected chi connectivity index (χ0v) is 16.3. The van der Waals surface area contributed by atoms with E-state index in [0.717, 1.165) is 31.7 Å². The number of halogens is 3. The van der Waals surface area contributed by atoms with E-state index in [-0.39, 0.29) is 29.4 Å². The Morgan fingerprint density at radius 3 is 2.53 bits per heavy atom. The quantitative estimate of drug-likeness (QED) is 0.605. The van der Waals surface area contributed by atoms with E-state index >= 15 is 0 Å². The van der Waals surface area contributed by atoms with Crippen molar-refractivity contribution in [1.29, 1.82) is 0 Å². The zero-order valence-electron chi connectivity index (χ0n) is 16.3. The van der Waals surface area contributed by atoms with E-state index in [2.05, 4.69) is 16.0 Å². The summed E-state index contributed by atoms with van der Waals surface area (Å²) in [6, 6.07) is 4.78. The second-order valence-corrected chi connectivity index (χ2v) is 7.39. The minimum atomic E-state index is -4.66. The van der Waals surface area contributed by atoms with Crippen molar-refractivity contribution < 1.29 is 27.2 Å². The van der Waals surface area contributed by atoms with E-state index in [1.54, 1.807) is 0 Å². The molecule has 1 fully saturated rings. The fourth-order valence-corrected chi connectivity index (χ4v) is 3.50. The molecule has 9 heteroatoms. The number of anilines is 2. The molecule has 2 aromatic rings. The summed E-state index contributed by atoms with van der Waals surface area (Å²) in [6.07, 6.45) is 3.48. The minimum Gasteiger partial charge on any atom is -0.472 e. The molecule has 0 atom stereocenters. The third kappa shape index (κ3) is 6.01. The maximum absolute atomic E-state index is 13.5. The number of hydrogen-bond acceptors (Lipinski definition) is 4. The number of benzene rings is 1. The molecule has 1 aromatic heterocycles. The van der Waals surface area contributed by atoms with E-state index in [1.807, 2.05) is 0 Å². The van der Waals surface area contributed by atoms with Crippen LogP contribution in [0, 0.1) is 5.92 Å². The van der Waals surface area contributed by atoms with Crippen molar-refractivity contribution in [2.75, 3.05) is 23.7 Å². The number of alkyl halides is 3. The number of carbonyl (C=O) groups excluding carboxylic acids is 2. The molecule has 2 amide bonds. The standard InChI is InChI=1S/C21H24F3N3O3/c22-21(23,24)17-10-16(27-20(29)15-8-9-30-13-15)6-7-18(17)25-12-19(28)26-11-14-4-2-1-3-5-14/h6-10,13-14,25H,1-5,11-12H2,(H,26,28)(H,27,29). The molecule has 1 aromatic carbocycles. The normalized spacial score (nSPS) is 14.9. The van der Waals surface area contributed by atoms with Crippen molar-refractivity contribution in [3.05, 3.63) is 47.9 Å². The van der Waals surface area contributed by atoms with Gasteiger partial charge < -0.3 is 20.4 Å². The maximum Gasteiger partial charge on any atom is 0.418 e. The fraction of sp³-hybridized carbons (Fsp3) is 0.429. The van der Waals surface area contributed by atoms with Crippen LogP contribution in [-0.4, -0.2) is 24.9 Å². The molecule has 0 aliphatic heterocycles. The molecular formula is C21H24F3N3O3. The van der Waals surface area contributed by atoms with Gasteiger partial charge in [0.2, 0.25) is 5.91 Å². The number of amides is 2. The lowest BCUT2D eigenvalue weighted by molar-refractivity contribution is -0.137. The van der Waals surface area contributed by atoms with Gasteiger partial charge in [0.1, 0.15) is 6.26 Å². The number of carbonyl (C=O) groups is 2. The van der Waals surface area contributed by atoms with E-state index in [4.69, 9.17) is 4.42 Å². The number of nitrogens with one attached hydrogen (secondary N) is 3. The summed E-state index contributed by atoms with van der Waals surface area (Å²) in [5, 5.41) is 7.74. The van der Waals surface area contributed by atoms with Crippen LogP contribution in [0.15, 0.2) is 41.2 Å². The van der Waals surface area contributed by atoms with Gasteiger partial charge in [-0.05, 0) is 43.0 Å². The van der Waals surface area contributed by atoms with Gasteiger partial charge in [0.15, 0.2) is 0 Å². The predicted octanol–water partition coefficient (Wildman–Crippen LogP) is 4.66. The summed E-state index contributed by atoms with van der Waals surface area (Å²) >= 11 is 0. The second-order valence-electron chi connectivity index (χ2n) is 7.39. The highest BCUT2D eigenvalue weighted by atomic mass is 19.4. The Kier molecular flexibility index (Phi) is 7.02. The molecule has 30 heavy (non-hydrogen) atoms. The van der Waals surface area contributed by atoms with Gasteiger partial charge in [-0.1, -0.05) is 19.3 Å². The highest BCUT2D eigenvalue weighted by Crippen LogP contribution is 2.36. The number of hydrogen-bond donors (Lipinski definition) is 3. The van der Waals surface area contributed by atoms with Crippen LogP contribution < -0.4 is 16.0 Å². The lowest BCUT2D eigenvalue weighted by Gasteiger charge is -2.22. The third-order valence-corrected chi connectivity index (χ3v) is 5.12. The Morgan fingerprint density at radius 1 is 1.10 bits per heavy atom. The van der Waals surface area contributed by atoms with E-state index < -0.39 is 17.6 Å². The molecule has 0 saturated heterocycles. The monoisotopic (exact) mass is 423 g/mol. The van der Waals surface area contributed by atoms with Crippen LogP contribution in [0.25, 0.3) is 0 Å². The smallest absolute Gasteiger partial charge is 0.418 e. The van der Waals surface area contributed by atoms with Crippen LogP contribution in [0.5, 0.6) is 0 Å². The Hall–Kier alpha value is -2.97. The average Bonchev–Trinajstić information content (AvgIpc) is 3.26. The van der Waals surface area contributed by atoms with E-state index in [9.17, 15) is 22.8 Å². The molecule has 0 bridgehead atoms. The molecule has 1 aliphatic rings.